The molecule has 10 heteroatoms. The van der Waals surface area contributed by atoms with Gasteiger partial charge < -0.3 is 29.7 Å². The highest BCUT2D eigenvalue weighted by Crippen LogP contribution is 2.48. The summed E-state index contributed by atoms with van der Waals surface area (Å²) in [6, 6.07) is 10.9. The fourth-order valence-electron chi connectivity index (χ4n) is 4.84. The van der Waals surface area contributed by atoms with Gasteiger partial charge in [-0.2, -0.15) is 0 Å². The van der Waals surface area contributed by atoms with E-state index >= 15 is 0 Å². The molecule has 1 amide bonds. The number of fused-ring (bicyclic) bond motifs is 1. The van der Waals surface area contributed by atoms with E-state index in [0.717, 1.165) is 18.4 Å². The third-order valence-corrected chi connectivity index (χ3v) is 7.48. The Morgan fingerprint density at radius 1 is 1.23 bits per heavy atom. The van der Waals surface area contributed by atoms with E-state index in [1.165, 1.54) is 19.2 Å². The summed E-state index contributed by atoms with van der Waals surface area (Å²) < 4.78 is 30.6. The quantitative estimate of drug-likeness (QED) is 0.338. The first-order chi connectivity index (χ1) is 18.7. The summed E-state index contributed by atoms with van der Waals surface area (Å²) in [6.07, 6.45) is 1.58. The van der Waals surface area contributed by atoms with E-state index in [0.29, 0.717) is 46.4 Å². The lowest BCUT2D eigenvalue weighted by Gasteiger charge is -2.29. The Balaban J connectivity index is 1.45. The molecule has 8 nitrogen and oxygen atoms in total. The summed E-state index contributed by atoms with van der Waals surface area (Å²) in [7, 11) is 1.46. The summed E-state index contributed by atoms with van der Waals surface area (Å²) in [6.45, 7) is 2.37. The Labute approximate surface area is 230 Å². The van der Waals surface area contributed by atoms with Crippen molar-refractivity contribution in [1.29, 1.82) is 0 Å². The van der Waals surface area contributed by atoms with Crippen LogP contribution in [0.1, 0.15) is 47.3 Å². The van der Waals surface area contributed by atoms with Crippen LogP contribution in [0.5, 0.6) is 17.2 Å². The Morgan fingerprint density at radius 2 is 2.03 bits per heavy atom. The number of halogens is 2. The second-order valence-corrected chi connectivity index (χ2v) is 10.3. The predicted octanol–water partition coefficient (Wildman–Crippen LogP) is 4.44. The van der Waals surface area contributed by atoms with E-state index in [9.17, 15) is 14.3 Å². The molecule has 1 fully saturated rings. The number of aliphatic hydroxyl groups is 2. The number of hydrogen-bond acceptors (Lipinski definition) is 7. The van der Waals surface area contributed by atoms with Crippen molar-refractivity contribution in [2.45, 2.75) is 31.3 Å². The average molecular weight is 557 g/mol. The van der Waals surface area contributed by atoms with Crippen molar-refractivity contribution < 1.29 is 33.6 Å². The Kier molecular flexibility index (Phi) is 7.66. The summed E-state index contributed by atoms with van der Waals surface area (Å²) in [5.74, 6) is 0.388. The average Bonchev–Trinajstić information content (AvgIpc) is 3.74. The van der Waals surface area contributed by atoms with Gasteiger partial charge in [-0.3, -0.25) is 4.79 Å². The predicted molar refractivity (Wildman–Crippen MR) is 143 cm³/mol. The number of carbonyl (C=O) groups excluding carboxylic acids is 1. The number of hydrogen-bond donors (Lipinski definition) is 3. The van der Waals surface area contributed by atoms with Gasteiger partial charge in [-0.05, 0) is 61.2 Å². The molecule has 1 aliphatic heterocycles. The van der Waals surface area contributed by atoms with Crippen LogP contribution in [-0.4, -0.2) is 54.6 Å². The molecular weight excluding hydrogens is 527 g/mol. The van der Waals surface area contributed by atoms with Crippen LogP contribution >= 0.6 is 11.6 Å². The van der Waals surface area contributed by atoms with E-state index in [2.05, 4.69) is 5.32 Å². The number of carbonyl (C=O) groups is 1. The first-order valence-corrected chi connectivity index (χ1v) is 13.2. The van der Waals surface area contributed by atoms with Gasteiger partial charge in [-0.1, -0.05) is 18.5 Å². The van der Waals surface area contributed by atoms with Gasteiger partial charge in [0.1, 0.15) is 29.5 Å². The molecule has 0 spiro atoms. The first-order valence-electron chi connectivity index (χ1n) is 12.8. The highest BCUT2D eigenvalue weighted by atomic mass is 35.5. The topological polar surface area (TPSA) is 110 Å². The number of methoxy groups -OCH3 is 1. The number of rotatable bonds is 10. The zero-order valence-electron chi connectivity index (χ0n) is 21.7. The fourth-order valence-corrected chi connectivity index (χ4v) is 5.02. The second kappa shape index (κ2) is 11.0. The van der Waals surface area contributed by atoms with Gasteiger partial charge in [-0.15, -0.1) is 0 Å². The van der Waals surface area contributed by atoms with Crippen LogP contribution < -0.4 is 19.5 Å². The van der Waals surface area contributed by atoms with E-state index in [4.69, 9.17) is 35.9 Å². The monoisotopic (exact) mass is 556 g/mol. The SMILES string of the molecule is COc1cc(C(=O)NCC(O)(c2cc3c(c(-c4ccc(F)c(Cl)c4)n2)OCC3C)C2CC2)ccc1OCCO. The van der Waals surface area contributed by atoms with Crippen LogP contribution in [0.3, 0.4) is 0 Å². The van der Waals surface area contributed by atoms with Gasteiger partial charge in [-0.25, -0.2) is 9.37 Å². The van der Waals surface area contributed by atoms with Gasteiger partial charge in [0.05, 0.1) is 37.6 Å². The van der Waals surface area contributed by atoms with Crippen LogP contribution in [0.15, 0.2) is 42.5 Å². The van der Waals surface area contributed by atoms with Crippen LogP contribution in [0, 0.1) is 11.7 Å². The van der Waals surface area contributed by atoms with Crippen LogP contribution in [0.4, 0.5) is 4.39 Å². The first kappa shape index (κ1) is 27.2. The summed E-state index contributed by atoms with van der Waals surface area (Å²) in [4.78, 5) is 17.9. The van der Waals surface area contributed by atoms with Crippen molar-refractivity contribution in [2.24, 2.45) is 5.92 Å². The zero-order valence-corrected chi connectivity index (χ0v) is 22.4. The smallest absolute Gasteiger partial charge is 0.251 e. The molecule has 39 heavy (non-hydrogen) atoms. The normalized spacial score (nSPS) is 17.6. The minimum absolute atomic E-state index is 0.0348. The highest BCUT2D eigenvalue weighted by Gasteiger charge is 2.47. The lowest BCUT2D eigenvalue weighted by molar-refractivity contribution is 0.00949. The number of benzene rings is 2. The van der Waals surface area contributed by atoms with E-state index in [1.54, 1.807) is 24.3 Å². The number of aliphatic hydroxyl groups excluding tert-OH is 1. The number of nitrogens with zero attached hydrogens (tertiary/aromatic N) is 1. The number of pyridine rings is 1. The summed E-state index contributed by atoms with van der Waals surface area (Å²) in [5.41, 5.74) is 1.26. The molecule has 1 aromatic heterocycles. The standard InChI is InChI=1S/C29H30ClFN2O6/c1-16-14-39-27-20(16)13-25(33-26(27)17-3-7-22(31)21(30)11-17)29(36,19-5-6-19)15-32-28(35)18-4-8-23(38-10-9-34)24(12-18)37-2/h3-4,7-8,11-13,16,19,34,36H,5-6,9-10,14-15H2,1-2H3,(H,32,35). The Morgan fingerprint density at radius 3 is 2.72 bits per heavy atom. The third-order valence-electron chi connectivity index (χ3n) is 7.19. The summed E-state index contributed by atoms with van der Waals surface area (Å²) in [5, 5.41) is 23.8. The van der Waals surface area contributed by atoms with Crippen molar-refractivity contribution in [2.75, 3.05) is 33.5 Å². The number of amides is 1. The number of nitrogens with one attached hydrogen (secondary N) is 1. The largest absolute Gasteiger partial charge is 0.493 e. The molecule has 0 bridgehead atoms. The molecular formula is C29H30ClFN2O6. The van der Waals surface area contributed by atoms with Crippen molar-refractivity contribution in [1.82, 2.24) is 10.3 Å². The van der Waals surface area contributed by atoms with Crippen molar-refractivity contribution in [3.8, 4) is 28.5 Å². The van der Waals surface area contributed by atoms with Gasteiger partial charge in [0.2, 0.25) is 0 Å². The minimum atomic E-state index is -1.43. The van der Waals surface area contributed by atoms with Gasteiger partial charge in [0.15, 0.2) is 11.5 Å². The molecule has 0 radical (unpaired) electrons. The molecule has 5 rings (SSSR count). The molecule has 2 aromatic carbocycles. The molecule has 1 aliphatic carbocycles. The lowest BCUT2D eigenvalue weighted by Crippen LogP contribution is -2.43. The van der Waals surface area contributed by atoms with Crippen molar-refractivity contribution in [3.05, 3.63) is 70.1 Å². The number of aromatic nitrogens is 1. The zero-order chi connectivity index (χ0) is 27.7. The highest BCUT2D eigenvalue weighted by molar-refractivity contribution is 6.31. The van der Waals surface area contributed by atoms with E-state index in [1.807, 2.05) is 13.0 Å². The van der Waals surface area contributed by atoms with Crippen LogP contribution in [0.25, 0.3) is 11.3 Å². The second-order valence-electron chi connectivity index (χ2n) is 9.93. The minimum Gasteiger partial charge on any atom is -0.493 e. The molecule has 2 atom stereocenters. The number of ether oxygens (including phenoxy) is 3. The summed E-state index contributed by atoms with van der Waals surface area (Å²) >= 11 is 6.06. The fraction of sp³-hybridized carbons (Fsp3) is 0.379. The molecule has 3 N–H and O–H groups in total. The lowest BCUT2D eigenvalue weighted by atomic mass is 9.89. The maximum Gasteiger partial charge on any atom is 0.251 e. The van der Waals surface area contributed by atoms with E-state index < -0.39 is 17.3 Å². The van der Waals surface area contributed by atoms with E-state index in [-0.39, 0.29) is 36.6 Å². The molecule has 2 unspecified atom stereocenters. The molecule has 0 saturated heterocycles. The molecule has 2 aliphatic rings. The van der Waals surface area contributed by atoms with Gasteiger partial charge in [0, 0.05) is 22.6 Å². The molecule has 206 valence electrons. The Hall–Kier alpha value is -3.40. The van der Waals surface area contributed by atoms with Crippen LogP contribution in [0.2, 0.25) is 5.02 Å². The van der Waals surface area contributed by atoms with Gasteiger partial charge in [0.25, 0.3) is 5.91 Å². The van der Waals surface area contributed by atoms with Crippen molar-refractivity contribution in [3.63, 3.8) is 0 Å². The molecule has 3 aromatic rings. The van der Waals surface area contributed by atoms with Gasteiger partial charge >= 0.3 is 0 Å². The van der Waals surface area contributed by atoms with Crippen LogP contribution in [-0.2, 0) is 5.60 Å². The Bertz CT molecular complexity index is 1400. The third kappa shape index (κ3) is 5.39. The maximum atomic E-state index is 13.9. The maximum absolute atomic E-state index is 13.9. The molecule has 1 saturated carbocycles. The molecule has 2 heterocycles. The van der Waals surface area contributed by atoms with Crippen molar-refractivity contribution >= 4 is 17.5 Å².